The molecule has 0 aliphatic carbocycles. The maximum absolute atomic E-state index is 12.3. The molecule has 5 heteroatoms. The Bertz CT molecular complexity index is 422. The van der Waals surface area contributed by atoms with E-state index in [4.69, 9.17) is 5.73 Å². The smallest absolute Gasteiger partial charge is 0.257 e. The Balaban J connectivity index is 2.10. The van der Waals surface area contributed by atoms with Crippen LogP contribution in [-0.4, -0.2) is 40.0 Å². The van der Waals surface area contributed by atoms with Gasteiger partial charge in [0.05, 0.1) is 11.8 Å². The molecule has 1 aromatic rings. The third kappa shape index (κ3) is 2.61. The number of nitrogens with zero attached hydrogens (tertiary/aromatic N) is 2. The van der Waals surface area contributed by atoms with Gasteiger partial charge in [-0.25, -0.2) is 0 Å². The van der Waals surface area contributed by atoms with Crippen molar-refractivity contribution in [1.82, 2.24) is 9.88 Å². The predicted octanol–water partition coefficient (Wildman–Crippen LogP) is 1.13. The van der Waals surface area contributed by atoms with Crippen molar-refractivity contribution in [3.63, 3.8) is 0 Å². The van der Waals surface area contributed by atoms with Crippen molar-refractivity contribution in [3.8, 4) is 5.75 Å². The van der Waals surface area contributed by atoms with Crippen LogP contribution in [0.3, 0.4) is 0 Å². The van der Waals surface area contributed by atoms with Crippen LogP contribution in [0.25, 0.3) is 0 Å². The van der Waals surface area contributed by atoms with Crippen molar-refractivity contribution in [2.45, 2.75) is 31.7 Å². The zero-order chi connectivity index (χ0) is 13.0. The molecule has 98 valence electrons. The number of pyridine rings is 1. The van der Waals surface area contributed by atoms with E-state index in [1.54, 1.807) is 6.07 Å². The highest BCUT2D eigenvalue weighted by Crippen LogP contribution is 2.25. The second-order valence-corrected chi connectivity index (χ2v) is 4.62. The van der Waals surface area contributed by atoms with E-state index in [2.05, 4.69) is 4.98 Å². The molecule has 0 spiro atoms. The fourth-order valence-electron chi connectivity index (χ4n) is 2.48. The monoisotopic (exact) mass is 249 g/mol. The summed E-state index contributed by atoms with van der Waals surface area (Å²) in [4.78, 5) is 18.0. The van der Waals surface area contributed by atoms with Gasteiger partial charge in [-0.15, -0.1) is 0 Å². The van der Waals surface area contributed by atoms with E-state index in [1.165, 1.54) is 12.4 Å². The number of aromatic hydroxyl groups is 1. The first-order chi connectivity index (χ1) is 8.74. The third-order valence-electron chi connectivity index (χ3n) is 3.41. The van der Waals surface area contributed by atoms with Crippen molar-refractivity contribution in [1.29, 1.82) is 0 Å². The molecule has 0 bridgehead atoms. The Morgan fingerprint density at radius 1 is 1.61 bits per heavy atom. The van der Waals surface area contributed by atoms with Gasteiger partial charge in [-0.1, -0.05) is 0 Å². The summed E-state index contributed by atoms with van der Waals surface area (Å²) >= 11 is 0. The summed E-state index contributed by atoms with van der Waals surface area (Å²) in [6.45, 7) is 1.41. The van der Waals surface area contributed by atoms with Crippen LogP contribution in [0.5, 0.6) is 5.75 Å². The average Bonchev–Trinajstić information content (AvgIpc) is 2.84. The van der Waals surface area contributed by atoms with Crippen molar-refractivity contribution < 1.29 is 9.90 Å². The number of likely N-dealkylation sites (tertiary alicyclic amines) is 1. The first-order valence-electron chi connectivity index (χ1n) is 6.38. The van der Waals surface area contributed by atoms with E-state index in [0.29, 0.717) is 12.1 Å². The minimum atomic E-state index is -0.102. The summed E-state index contributed by atoms with van der Waals surface area (Å²) in [5, 5.41) is 9.67. The Kier molecular flexibility index (Phi) is 4.15. The van der Waals surface area contributed by atoms with Crippen molar-refractivity contribution in [2.75, 3.05) is 13.1 Å². The minimum Gasteiger partial charge on any atom is -0.505 e. The Labute approximate surface area is 107 Å². The van der Waals surface area contributed by atoms with E-state index in [1.807, 2.05) is 4.90 Å². The van der Waals surface area contributed by atoms with Gasteiger partial charge < -0.3 is 15.7 Å². The highest BCUT2D eigenvalue weighted by Gasteiger charge is 2.29. The number of amides is 1. The molecule has 0 saturated carbocycles. The molecule has 1 amide bonds. The van der Waals surface area contributed by atoms with Crippen LogP contribution in [0.2, 0.25) is 0 Å². The molecule has 1 aliphatic rings. The largest absolute Gasteiger partial charge is 0.505 e. The lowest BCUT2D eigenvalue weighted by Crippen LogP contribution is -2.35. The minimum absolute atomic E-state index is 0.0491. The Morgan fingerprint density at radius 2 is 2.44 bits per heavy atom. The molecule has 2 heterocycles. The van der Waals surface area contributed by atoms with E-state index >= 15 is 0 Å². The molecule has 1 unspecified atom stereocenters. The maximum Gasteiger partial charge on any atom is 0.257 e. The summed E-state index contributed by atoms with van der Waals surface area (Å²) in [5.41, 5.74) is 5.85. The van der Waals surface area contributed by atoms with Gasteiger partial charge in [0.1, 0.15) is 5.75 Å². The topological polar surface area (TPSA) is 79.5 Å². The molecule has 1 saturated heterocycles. The van der Waals surface area contributed by atoms with E-state index < -0.39 is 0 Å². The number of carbonyl (C=O) groups is 1. The lowest BCUT2D eigenvalue weighted by atomic mass is 10.1. The van der Waals surface area contributed by atoms with Gasteiger partial charge in [0.2, 0.25) is 0 Å². The Hall–Kier alpha value is -1.62. The molecule has 0 aromatic carbocycles. The summed E-state index contributed by atoms with van der Waals surface area (Å²) in [5.74, 6) is -0.151. The number of hydrogen-bond acceptors (Lipinski definition) is 4. The Morgan fingerprint density at radius 3 is 3.17 bits per heavy atom. The number of carbonyl (C=O) groups excluding carboxylic acids is 1. The van der Waals surface area contributed by atoms with Crippen LogP contribution in [0.1, 0.15) is 36.0 Å². The fourth-order valence-corrected chi connectivity index (χ4v) is 2.48. The second kappa shape index (κ2) is 5.82. The standard InChI is InChI=1S/C13H19N3O2/c14-6-1-3-10-4-2-8-16(10)13(18)11-5-7-15-9-12(11)17/h5,7,9-10,17H,1-4,6,8,14H2. The molecular weight excluding hydrogens is 230 g/mol. The number of hydrogen-bond donors (Lipinski definition) is 2. The van der Waals surface area contributed by atoms with Gasteiger partial charge in [0, 0.05) is 18.8 Å². The molecular formula is C13H19N3O2. The molecule has 5 nitrogen and oxygen atoms in total. The lowest BCUT2D eigenvalue weighted by molar-refractivity contribution is 0.0726. The van der Waals surface area contributed by atoms with E-state index in [0.717, 1.165) is 32.2 Å². The average molecular weight is 249 g/mol. The predicted molar refractivity (Wildman–Crippen MR) is 68.2 cm³/mol. The van der Waals surface area contributed by atoms with Gasteiger partial charge in [0.25, 0.3) is 5.91 Å². The number of rotatable bonds is 4. The normalized spacial score (nSPS) is 19.2. The zero-order valence-electron chi connectivity index (χ0n) is 10.4. The SMILES string of the molecule is NCCCC1CCCN1C(=O)c1ccncc1O. The quantitative estimate of drug-likeness (QED) is 0.838. The highest BCUT2D eigenvalue weighted by molar-refractivity contribution is 5.96. The summed E-state index contributed by atoms with van der Waals surface area (Å²) in [7, 11) is 0. The van der Waals surface area contributed by atoms with Crippen LogP contribution < -0.4 is 5.73 Å². The molecule has 1 aliphatic heterocycles. The molecule has 1 aromatic heterocycles. The molecule has 18 heavy (non-hydrogen) atoms. The van der Waals surface area contributed by atoms with Crippen molar-refractivity contribution >= 4 is 5.91 Å². The van der Waals surface area contributed by atoms with Gasteiger partial charge in [-0.05, 0) is 38.3 Å². The van der Waals surface area contributed by atoms with Crippen LogP contribution in [-0.2, 0) is 0 Å². The maximum atomic E-state index is 12.3. The van der Waals surface area contributed by atoms with Crippen molar-refractivity contribution in [2.24, 2.45) is 5.73 Å². The first kappa shape index (κ1) is 12.8. The lowest BCUT2D eigenvalue weighted by Gasteiger charge is -2.24. The van der Waals surface area contributed by atoms with Crippen molar-refractivity contribution in [3.05, 3.63) is 24.0 Å². The second-order valence-electron chi connectivity index (χ2n) is 4.62. The fraction of sp³-hybridized carbons (Fsp3) is 0.538. The molecule has 1 fully saturated rings. The summed E-state index contributed by atoms with van der Waals surface area (Å²) in [6.07, 6.45) is 6.74. The van der Waals surface area contributed by atoms with Gasteiger partial charge in [-0.2, -0.15) is 0 Å². The molecule has 0 radical (unpaired) electrons. The number of aromatic nitrogens is 1. The summed E-state index contributed by atoms with van der Waals surface area (Å²) < 4.78 is 0. The molecule has 1 atom stereocenters. The van der Waals surface area contributed by atoms with Crippen LogP contribution in [0, 0.1) is 0 Å². The summed E-state index contributed by atoms with van der Waals surface area (Å²) in [6, 6.07) is 1.82. The van der Waals surface area contributed by atoms with Gasteiger partial charge >= 0.3 is 0 Å². The molecule has 3 N–H and O–H groups in total. The van der Waals surface area contributed by atoms with E-state index in [9.17, 15) is 9.90 Å². The van der Waals surface area contributed by atoms with Crippen LogP contribution in [0.4, 0.5) is 0 Å². The highest BCUT2D eigenvalue weighted by atomic mass is 16.3. The van der Waals surface area contributed by atoms with Crippen LogP contribution in [0.15, 0.2) is 18.5 Å². The number of nitrogens with two attached hydrogens (primary N) is 1. The van der Waals surface area contributed by atoms with Gasteiger partial charge in [0.15, 0.2) is 0 Å². The third-order valence-corrected chi connectivity index (χ3v) is 3.41. The van der Waals surface area contributed by atoms with Crippen LogP contribution >= 0.6 is 0 Å². The van der Waals surface area contributed by atoms with Gasteiger partial charge in [-0.3, -0.25) is 9.78 Å². The molecule has 2 rings (SSSR count). The zero-order valence-corrected chi connectivity index (χ0v) is 10.4. The first-order valence-corrected chi connectivity index (χ1v) is 6.38. The van der Waals surface area contributed by atoms with E-state index in [-0.39, 0.29) is 17.7 Å².